The summed E-state index contributed by atoms with van der Waals surface area (Å²) >= 11 is 0. The fourth-order valence-electron chi connectivity index (χ4n) is 3.57. The van der Waals surface area contributed by atoms with Crippen molar-refractivity contribution in [1.82, 2.24) is 10.3 Å². The van der Waals surface area contributed by atoms with Crippen molar-refractivity contribution in [3.8, 4) is 23.3 Å². The Labute approximate surface area is 212 Å². The number of amidine groups is 1. The number of nitrogens with zero attached hydrogens (tertiary/aromatic N) is 1. The van der Waals surface area contributed by atoms with Gasteiger partial charge in [-0.2, -0.15) is 4.98 Å². The number of ether oxygens (including phenoxy) is 2. The van der Waals surface area contributed by atoms with E-state index in [-0.39, 0.29) is 35.0 Å². The van der Waals surface area contributed by atoms with E-state index in [2.05, 4.69) is 10.3 Å². The summed E-state index contributed by atoms with van der Waals surface area (Å²) in [7, 11) is 0. The number of nitrogens with two attached hydrogens (primary N) is 1. The van der Waals surface area contributed by atoms with Crippen LogP contribution in [0.3, 0.4) is 0 Å². The molecule has 0 aliphatic rings. The summed E-state index contributed by atoms with van der Waals surface area (Å²) in [4.78, 5) is 16.9. The van der Waals surface area contributed by atoms with Crippen LogP contribution in [0.2, 0.25) is 0 Å². The van der Waals surface area contributed by atoms with Gasteiger partial charge < -0.3 is 20.5 Å². The smallest absolute Gasteiger partial charge is 0.259 e. The number of carbonyl (C=O) groups is 1. The van der Waals surface area contributed by atoms with E-state index in [9.17, 15) is 9.18 Å². The van der Waals surface area contributed by atoms with E-state index in [4.69, 9.17) is 20.6 Å². The Morgan fingerprint density at radius 2 is 1.62 bits per heavy atom. The van der Waals surface area contributed by atoms with Gasteiger partial charge in [-0.25, -0.2) is 8.78 Å². The Morgan fingerprint density at radius 1 is 0.946 bits per heavy atom. The number of nitrogen functional groups attached to an aromatic ring is 1. The first-order valence-electron chi connectivity index (χ1n) is 11.3. The molecule has 0 spiro atoms. The number of aryl methyl sites for hydroxylation is 1. The van der Waals surface area contributed by atoms with Gasteiger partial charge in [0, 0.05) is 17.7 Å². The molecule has 1 amide bonds. The minimum Gasteiger partial charge on any atom is -0.436 e. The average molecular weight is 503 g/mol. The Bertz CT molecular complexity index is 1480. The number of nitrogens with one attached hydrogen (secondary N) is 2. The van der Waals surface area contributed by atoms with E-state index >= 15 is 4.39 Å². The lowest BCUT2D eigenvalue weighted by Crippen LogP contribution is -2.24. The standard InChI is InChI=1S/C28H24F2N4O3/c1-16-8-6-13-21(22(16)26(35)33-15-18-9-4-3-5-10-18)37-28-24(30)17(2)23(29)27(34-28)36-20-12-7-11-19(14-20)25(31)32/h3-14H,15H2,1-2H3,(H3,31,32)(H,33,35). The maximum Gasteiger partial charge on any atom is 0.259 e. The first-order valence-corrected chi connectivity index (χ1v) is 11.3. The van der Waals surface area contributed by atoms with Gasteiger partial charge in [0.05, 0.1) is 5.56 Å². The molecular weight excluding hydrogens is 478 g/mol. The first-order chi connectivity index (χ1) is 17.7. The highest BCUT2D eigenvalue weighted by Gasteiger charge is 2.23. The van der Waals surface area contributed by atoms with E-state index < -0.39 is 29.3 Å². The number of hydrogen-bond donors (Lipinski definition) is 3. The molecule has 0 fully saturated rings. The molecule has 0 aliphatic carbocycles. The van der Waals surface area contributed by atoms with Crippen LogP contribution >= 0.6 is 0 Å². The molecule has 1 heterocycles. The quantitative estimate of drug-likeness (QED) is 0.209. The summed E-state index contributed by atoms with van der Waals surface area (Å²) in [6.45, 7) is 3.23. The van der Waals surface area contributed by atoms with Crippen LogP contribution < -0.4 is 20.5 Å². The summed E-state index contributed by atoms with van der Waals surface area (Å²) in [5.74, 6) is -3.55. The summed E-state index contributed by atoms with van der Waals surface area (Å²) in [6.07, 6.45) is 0. The summed E-state index contributed by atoms with van der Waals surface area (Å²) in [5, 5.41) is 10.4. The fraction of sp³-hybridized carbons (Fsp3) is 0.107. The third kappa shape index (κ3) is 5.72. The highest BCUT2D eigenvalue weighted by atomic mass is 19.1. The van der Waals surface area contributed by atoms with Gasteiger partial charge in [-0.3, -0.25) is 10.2 Å². The number of hydrogen-bond acceptors (Lipinski definition) is 5. The molecule has 4 rings (SSSR count). The minimum absolute atomic E-state index is 0.0486. The Balaban J connectivity index is 1.64. The molecule has 0 atom stereocenters. The molecule has 188 valence electrons. The minimum atomic E-state index is -1.03. The molecule has 4 N–H and O–H groups in total. The summed E-state index contributed by atoms with van der Waals surface area (Å²) in [5.41, 5.74) is 7.19. The molecular formula is C28H24F2N4O3. The molecule has 9 heteroatoms. The summed E-state index contributed by atoms with van der Waals surface area (Å²) in [6, 6.07) is 20.4. The van der Waals surface area contributed by atoms with Gasteiger partial charge in [-0.05, 0) is 43.2 Å². The Kier molecular flexibility index (Phi) is 7.43. The maximum atomic E-state index is 15.0. The van der Waals surface area contributed by atoms with E-state index in [0.717, 1.165) is 5.56 Å². The van der Waals surface area contributed by atoms with Crippen LogP contribution in [0, 0.1) is 30.9 Å². The molecule has 0 unspecified atom stereocenters. The van der Waals surface area contributed by atoms with Gasteiger partial charge in [0.15, 0.2) is 11.6 Å². The molecule has 0 radical (unpaired) electrons. The van der Waals surface area contributed by atoms with Crippen molar-refractivity contribution in [1.29, 1.82) is 5.41 Å². The van der Waals surface area contributed by atoms with Gasteiger partial charge in [0.1, 0.15) is 17.3 Å². The van der Waals surface area contributed by atoms with Crippen molar-refractivity contribution in [2.24, 2.45) is 5.73 Å². The third-order valence-corrected chi connectivity index (χ3v) is 5.56. The van der Waals surface area contributed by atoms with Gasteiger partial charge in [0.2, 0.25) is 0 Å². The van der Waals surface area contributed by atoms with Gasteiger partial charge >= 0.3 is 0 Å². The van der Waals surface area contributed by atoms with Crippen LogP contribution in [0.1, 0.15) is 32.6 Å². The predicted octanol–water partition coefficient (Wildman–Crippen LogP) is 5.78. The molecule has 1 aromatic heterocycles. The molecule has 0 saturated carbocycles. The van der Waals surface area contributed by atoms with Gasteiger partial charge in [-0.15, -0.1) is 0 Å². The normalized spacial score (nSPS) is 10.6. The molecule has 0 saturated heterocycles. The van der Waals surface area contributed by atoms with Crippen molar-refractivity contribution >= 4 is 11.7 Å². The average Bonchev–Trinajstić information content (AvgIpc) is 2.89. The molecule has 4 aromatic rings. The third-order valence-electron chi connectivity index (χ3n) is 5.56. The Morgan fingerprint density at radius 3 is 2.32 bits per heavy atom. The van der Waals surface area contributed by atoms with Crippen LogP contribution in [0.5, 0.6) is 23.3 Å². The van der Waals surface area contributed by atoms with Gasteiger partial charge in [-0.1, -0.05) is 54.6 Å². The van der Waals surface area contributed by atoms with Crippen LogP contribution in [0.4, 0.5) is 8.78 Å². The number of rotatable bonds is 8. The van der Waals surface area contributed by atoms with Crippen molar-refractivity contribution < 1.29 is 23.0 Å². The van der Waals surface area contributed by atoms with E-state index in [1.54, 1.807) is 31.2 Å². The fourth-order valence-corrected chi connectivity index (χ4v) is 3.57. The lowest BCUT2D eigenvalue weighted by atomic mass is 10.1. The van der Waals surface area contributed by atoms with Crippen LogP contribution in [0.15, 0.2) is 72.8 Å². The van der Waals surface area contributed by atoms with E-state index in [1.165, 1.54) is 25.1 Å². The number of aromatic nitrogens is 1. The zero-order valence-electron chi connectivity index (χ0n) is 20.1. The number of pyridine rings is 1. The number of halogens is 2. The van der Waals surface area contributed by atoms with Crippen molar-refractivity contribution in [2.75, 3.05) is 0 Å². The zero-order chi connectivity index (χ0) is 26.5. The van der Waals surface area contributed by atoms with Crippen LogP contribution in [0.25, 0.3) is 0 Å². The Hall–Kier alpha value is -4.79. The molecule has 3 aromatic carbocycles. The second kappa shape index (κ2) is 10.9. The molecule has 37 heavy (non-hydrogen) atoms. The van der Waals surface area contributed by atoms with Crippen molar-refractivity contribution in [2.45, 2.75) is 20.4 Å². The topological polar surface area (TPSA) is 110 Å². The molecule has 7 nitrogen and oxygen atoms in total. The highest BCUT2D eigenvalue weighted by Crippen LogP contribution is 2.34. The zero-order valence-corrected chi connectivity index (χ0v) is 20.1. The summed E-state index contributed by atoms with van der Waals surface area (Å²) < 4.78 is 41.1. The van der Waals surface area contributed by atoms with Gasteiger partial charge in [0.25, 0.3) is 17.7 Å². The second-order valence-corrected chi connectivity index (χ2v) is 8.24. The molecule has 0 aliphatic heterocycles. The highest BCUT2D eigenvalue weighted by molar-refractivity contribution is 5.98. The molecule has 0 bridgehead atoms. The second-order valence-electron chi connectivity index (χ2n) is 8.24. The lowest BCUT2D eigenvalue weighted by molar-refractivity contribution is 0.0947. The first kappa shape index (κ1) is 25.3. The largest absolute Gasteiger partial charge is 0.436 e. The number of carbonyl (C=O) groups excluding carboxylic acids is 1. The number of benzene rings is 3. The monoisotopic (exact) mass is 502 g/mol. The lowest BCUT2D eigenvalue weighted by Gasteiger charge is -2.16. The van der Waals surface area contributed by atoms with Crippen LogP contribution in [-0.4, -0.2) is 16.7 Å². The number of amides is 1. The van der Waals surface area contributed by atoms with E-state index in [0.29, 0.717) is 11.1 Å². The van der Waals surface area contributed by atoms with Crippen molar-refractivity contribution in [3.05, 3.63) is 112 Å². The SMILES string of the molecule is Cc1cccc(Oc2nc(Oc3cccc(C(=N)N)c3)c(F)c(C)c2F)c1C(=O)NCc1ccccc1. The predicted molar refractivity (Wildman–Crippen MR) is 135 cm³/mol. The van der Waals surface area contributed by atoms with Crippen LogP contribution in [-0.2, 0) is 6.54 Å². The maximum absolute atomic E-state index is 15.0. The van der Waals surface area contributed by atoms with Crippen molar-refractivity contribution in [3.63, 3.8) is 0 Å². The van der Waals surface area contributed by atoms with E-state index in [1.807, 2.05) is 30.3 Å².